The van der Waals surface area contributed by atoms with E-state index in [0.717, 1.165) is 16.7 Å². The Morgan fingerprint density at radius 3 is 1.86 bits per heavy atom. The molecule has 0 atom stereocenters. The first-order valence-electron chi connectivity index (χ1n) is 15.1. The van der Waals surface area contributed by atoms with Gasteiger partial charge in [0.05, 0.1) is 23.1 Å². The first kappa shape index (κ1) is 31.2. The standard InChI is InChI=1S/C37H27F3N6O3/c38-37(39,40)49-29-18-16-28(17-19-29)46-34-33(32(44-46)23-48-35(41)47)30(20-21-42-34)31-22-45(24-43-31)36(25-10-4-1-5-11-25,26-12-6-2-7-13-26)27-14-8-3-9-15-27/h1-22,24H,23H2,(H2,41,47). The molecule has 7 rings (SSSR count). The monoisotopic (exact) mass is 660 g/mol. The third kappa shape index (κ3) is 5.95. The van der Waals surface area contributed by atoms with Crippen LogP contribution in [-0.2, 0) is 16.9 Å². The van der Waals surface area contributed by atoms with Crippen molar-refractivity contribution in [1.82, 2.24) is 24.3 Å². The van der Waals surface area contributed by atoms with Crippen LogP contribution in [0.1, 0.15) is 22.4 Å². The number of pyridine rings is 1. The van der Waals surface area contributed by atoms with E-state index in [1.165, 1.54) is 28.9 Å². The van der Waals surface area contributed by atoms with E-state index in [1.807, 2.05) is 60.8 Å². The number of ether oxygens (including phenoxy) is 2. The molecule has 0 aliphatic rings. The fraction of sp³-hybridized carbons (Fsp3) is 0.0811. The Hall–Kier alpha value is -6.43. The summed E-state index contributed by atoms with van der Waals surface area (Å²) >= 11 is 0. The molecule has 0 spiro atoms. The van der Waals surface area contributed by atoms with Crippen molar-refractivity contribution >= 4 is 17.1 Å². The van der Waals surface area contributed by atoms with E-state index in [-0.39, 0.29) is 12.4 Å². The minimum atomic E-state index is -4.84. The number of hydrogen-bond acceptors (Lipinski definition) is 6. The summed E-state index contributed by atoms with van der Waals surface area (Å²) in [7, 11) is 0. The smallest absolute Gasteiger partial charge is 0.443 e. The molecule has 1 amide bonds. The van der Waals surface area contributed by atoms with Gasteiger partial charge in [-0.1, -0.05) is 91.0 Å². The van der Waals surface area contributed by atoms with Gasteiger partial charge in [-0.05, 0) is 47.0 Å². The van der Waals surface area contributed by atoms with Crippen molar-refractivity contribution in [2.24, 2.45) is 5.73 Å². The SMILES string of the molecule is NC(=O)OCc1nn(-c2ccc(OC(F)(F)F)cc2)c2nccc(-c3cn(C(c4ccccc4)(c4ccccc4)c4ccccc4)cn3)c12. The van der Waals surface area contributed by atoms with Gasteiger partial charge in [0.1, 0.15) is 23.6 Å². The lowest BCUT2D eigenvalue weighted by molar-refractivity contribution is -0.274. The van der Waals surface area contributed by atoms with E-state index in [4.69, 9.17) is 15.5 Å². The lowest BCUT2D eigenvalue weighted by Gasteiger charge is -2.37. The third-order valence-corrected chi connectivity index (χ3v) is 8.13. The molecule has 244 valence electrons. The molecule has 0 fully saturated rings. The van der Waals surface area contributed by atoms with E-state index in [0.29, 0.717) is 33.7 Å². The predicted octanol–water partition coefficient (Wildman–Crippen LogP) is 7.62. The molecule has 3 aromatic heterocycles. The second kappa shape index (κ2) is 12.6. The van der Waals surface area contributed by atoms with Gasteiger partial charge in [-0.15, -0.1) is 13.2 Å². The highest BCUT2D eigenvalue weighted by Gasteiger charge is 2.38. The summed E-state index contributed by atoms with van der Waals surface area (Å²) in [4.78, 5) is 21.1. The summed E-state index contributed by atoms with van der Waals surface area (Å²) < 4.78 is 51.1. The molecule has 0 saturated carbocycles. The molecule has 0 aliphatic carbocycles. The van der Waals surface area contributed by atoms with Crippen LogP contribution in [0.5, 0.6) is 5.75 Å². The first-order chi connectivity index (χ1) is 23.7. The molecule has 0 unspecified atom stereocenters. The highest BCUT2D eigenvalue weighted by Crippen LogP contribution is 2.42. The summed E-state index contributed by atoms with van der Waals surface area (Å²) in [5.74, 6) is -0.386. The molecule has 4 aromatic carbocycles. The maximum absolute atomic E-state index is 12.8. The van der Waals surface area contributed by atoms with Crippen LogP contribution < -0.4 is 10.5 Å². The van der Waals surface area contributed by atoms with E-state index in [2.05, 4.69) is 55.8 Å². The number of carbonyl (C=O) groups excluding carboxylic acids is 1. The van der Waals surface area contributed by atoms with Crippen molar-refractivity contribution in [2.45, 2.75) is 18.5 Å². The van der Waals surface area contributed by atoms with Gasteiger partial charge in [0.2, 0.25) is 0 Å². The van der Waals surface area contributed by atoms with E-state index in [1.54, 1.807) is 18.6 Å². The number of nitrogens with zero attached hydrogens (tertiary/aromatic N) is 5. The van der Waals surface area contributed by atoms with Crippen LogP contribution in [0.15, 0.2) is 140 Å². The first-order valence-corrected chi connectivity index (χ1v) is 15.1. The summed E-state index contributed by atoms with van der Waals surface area (Å²) in [6.07, 6.45) is -0.519. The second-order valence-electron chi connectivity index (χ2n) is 11.0. The zero-order valence-electron chi connectivity index (χ0n) is 25.7. The van der Waals surface area contributed by atoms with Crippen LogP contribution in [0.4, 0.5) is 18.0 Å². The largest absolute Gasteiger partial charge is 0.573 e. The summed E-state index contributed by atoms with van der Waals surface area (Å²) in [6.45, 7) is -0.282. The lowest BCUT2D eigenvalue weighted by Crippen LogP contribution is -2.36. The predicted molar refractivity (Wildman–Crippen MR) is 176 cm³/mol. The lowest BCUT2D eigenvalue weighted by atomic mass is 9.77. The van der Waals surface area contributed by atoms with Gasteiger partial charge in [0, 0.05) is 18.0 Å². The Morgan fingerprint density at radius 1 is 0.755 bits per heavy atom. The Labute approximate surface area is 278 Å². The van der Waals surface area contributed by atoms with Crippen LogP contribution >= 0.6 is 0 Å². The van der Waals surface area contributed by atoms with Crippen molar-refractivity contribution in [1.29, 1.82) is 0 Å². The molecule has 49 heavy (non-hydrogen) atoms. The van der Waals surface area contributed by atoms with Crippen molar-refractivity contribution in [3.63, 3.8) is 0 Å². The van der Waals surface area contributed by atoms with Crippen LogP contribution in [0.3, 0.4) is 0 Å². The number of nitrogens with two attached hydrogens (primary N) is 1. The molecular formula is C37H27F3N6O3. The molecule has 0 aliphatic heterocycles. The number of imidazole rings is 1. The average Bonchev–Trinajstić information content (AvgIpc) is 3.75. The third-order valence-electron chi connectivity index (χ3n) is 8.13. The minimum Gasteiger partial charge on any atom is -0.443 e. The maximum Gasteiger partial charge on any atom is 0.573 e. The summed E-state index contributed by atoms with van der Waals surface area (Å²) in [5, 5.41) is 5.17. The number of halogens is 3. The topological polar surface area (TPSA) is 110 Å². The molecule has 9 nitrogen and oxygen atoms in total. The van der Waals surface area contributed by atoms with E-state index in [9.17, 15) is 18.0 Å². The van der Waals surface area contributed by atoms with Gasteiger partial charge in [0.15, 0.2) is 5.65 Å². The number of aromatic nitrogens is 5. The second-order valence-corrected chi connectivity index (χ2v) is 11.0. The van der Waals surface area contributed by atoms with Crippen LogP contribution in [0.25, 0.3) is 28.0 Å². The molecule has 2 N–H and O–H groups in total. The van der Waals surface area contributed by atoms with Gasteiger partial charge < -0.3 is 19.8 Å². The van der Waals surface area contributed by atoms with E-state index >= 15 is 0 Å². The molecule has 0 bridgehead atoms. The van der Waals surface area contributed by atoms with Crippen LogP contribution in [-0.4, -0.2) is 36.8 Å². The summed E-state index contributed by atoms with van der Waals surface area (Å²) in [5.41, 5.74) is 9.82. The zero-order valence-corrected chi connectivity index (χ0v) is 25.7. The van der Waals surface area contributed by atoms with Gasteiger partial charge in [0.25, 0.3) is 0 Å². The number of carbonyl (C=O) groups is 1. The summed E-state index contributed by atoms with van der Waals surface area (Å²) in [6, 6.07) is 37.4. The number of amides is 1. The highest BCUT2D eigenvalue weighted by molar-refractivity contribution is 5.94. The molecule has 12 heteroatoms. The van der Waals surface area contributed by atoms with Gasteiger partial charge in [-0.25, -0.2) is 19.4 Å². The fourth-order valence-electron chi connectivity index (χ4n) is 6.17. The molecule has 7 aromatic rings. The Morgan fingerprint density at radius 2 is 1.33 bits per heavy atom. The van der Waals surface area contributed by atoms with Gasteiger partial charge >= 0.3 is 12.5 Å². The van der Waals surface area contributed by atoms with Crippen molar-refractivity contribution in [2.75, 3.05) is 0 Å². The number of rotatable bonds is 9. The quantitative estimate of drug-likeness (QED) is 0.160. The number of benzene rings is 4. The van der Waals surface area contributed by atoms with Crippen molar-refractivity contribution < 1.29 is 27.4 Å². The van der Waals surface area contributed by atoms with E-state index < -0.39 is 18.0 Å². The number of alkyl halides is 3. The van der Waals surface area contributed by atoms with Gasteiger partial charge in [-0.2, -0.15) is 5.10 Å². The number of primary amides is 1. The Balaban J connectivity index is 1.41. The number of hydrogen-bond donors (Lipinski definition) is 1. The van der Waals surface area contributed by atoms with Crippen molar-refractivity contribution in [3.05, 3.63) is 162 Å². The molecule has 0 radical (unpaired) electrons. The maximum atomic E-state index is 12.8. The van der Waals surface area contributed by atoms with Crippen LogP contribution in [0.2, 0.25) is 0 Å². The van der Waals surface area contributed by atoms with Crippen LogP contribution in [0, 0.1) is 0 Å². The normalized spacial score (nSPS) is 11.8. The van der Waals surface area contributed by atoms with Gasteiger partial charge in [-0.3, -0.25) is 0 Å². The molecular weight excluding hydrogens is 633 g/mol. The average molecular weight is 661 g/mol. The van der Waals surface area contributed by atoms with Crippen molar-refractivity contribution in [3.8, 4) is 22.7 Å². The highest BCUT2D eigenvalue weighted by atomic mass is 19.4. The molecule has 3 heterocycles. The number of fused-ring (bicyclic) bond motifs is 1. The minimum absolute atomic E-state index is 0.282. The Kier molecular flexibility index (Phi) is 8.04. The fourth-order valence-corrected chi connectivity index (χ4v) is 6.17. The zero-order chi connectivity index (χ0) is 34.0. The molecule has 0 saturated heterocycles. The Bertz CT molecular complexity index is 2120.